The topological polar surface area (TPSA) is 18.5 Å². The van der Waals surface area contributed by atoms with Gasteiger partial charge in [0.1, 0.15) is 7.85 Å². The average Bonchev–Trinajstić information content (AvgIpc) is 2.10. The standard InChI is InChI=1S/C8H15BO2/c1-8(2,3)11-6-4-7(9)10-5-6/h6-7H,4-5H2,1-3H3/t6-,7-/m1/s1. The van der Waals surface area contributed by atoms with Crippen LogP contribution in [0, 0.1) is 0 Å². The van der Waals surface area contributed by atoms with Crippen LogP contribution in [0.2, 0.25) is 0 Å². The summed E-state index contributed by atoms with van der Waals surface area (Å²) in [5.41, 5.74) is -0.0852. The second-order valence-corrected chi connectivity index (χ2v) is 3.96. The molecule has 1 heterocycles. The molecular weight excluding hydrogens is 139 g/mol. The normalized spacial score (nSPS) is 32.6. The van der Waals surface area contributed by atoms with E-state index in [1.807, 2.05) is 20.8 Å². The minimum absolute atomic E-state index is 0.0852. The second kappa shape index (κ2) is 3.15. The lowest BCUT2D eigenvalue weighted by Gasteiger charge is -2.23. The van der Waals surface area contributed by atoms with Gasteiger partial charge in [0.15, 0.2) is 0 Å². The minimum atomic E-state index is -0.123. The van der Waals surface area contributed by atoms with E-state index in [0.717, 1.165) is 6.42 Å². The molecule has 0 aromatic carbocycles. The Hall–Kier alpha value is -0.0151. The Bertz CT molecular complexity index is 131. The third kappa shape index (κ3) is 3.26. The zero-order valence-corrected chi connectivity index (χ0v) is 7.46. The quantitative estimate of drug-likeness (QED) is 0.526. The first-order chi connectivity index (χ1) is 4.97. The minimum Gasteiger partial charge on any atom is -0.385 e. The zero-order chi connectivity index (χ0) is 8.48. The fourth-order valence-electron chi connectivity index (χ4n) is 1.21. The van der Waals surface area contributed by atoms with Gasteiger partial charge in [-0.2, -0.15) is 0 Å². The lowest BCUT2D eigenvalue weighted by Crippen LogP contribution is -2.27. The molecule has 62 valence electrons. The molecule has 2 atom stereocenters. The summed E-state index contributed by atoms with van der Waals surface area (Å²) in [6.07, 6.45) is 1.00. The van der Waals surface area contributed by atoms with Crippen LogP contribution in [0.5, 0.6) is 0 Å². The summed E-state index contributed by atoms with van der Waals surface area (Å²) in [4.78, 5) is 0. The van der Waals surface area contributed by atoms with Crippen LogP contribution in [0.25, 0.3) is 0 Å². The summed E-state index contributed by atoms with van der Waals surface area (Å²) in [7, 11) is 5.54. The molecule has 1 aliphatic rings. The molecule has 2 radical (unpaired) electrons. The molecule has 0 amide bonds. The second-order valence-electron chi connectivity index (χ2n) is 3.96. The van der Waals surface area contributed by atoms with E-state index in [2.05, 4.69) is 0 Å². The van der Waals surface area contributed by atoms with Crippen molar-refractivity contribution in [1.29, 1.82) is 0 Å². The maximum Gasteiger partial charge on any atom is 0.109 e. The van der Waals surface area contributed by atoms with Gasteiger partial charge >= 0.3 is 0 Å². The van der Waals surface area contributed by atoms with Crippen LogP contribution in [-0.2, 0) is 9.47 Å². The van der Waals surface area contributed by atoms with Gasteiger partial charge < -0.3 is 9.47 Å². The van der Waals surface area contributed by atoms with Gasteiger partial charge in [0.2, 0.25) is 0 Å². The van der Waals surface area contributed by atoms with Crippen molar-refractivity contribution in [1.82, 2.24) is 0 Å². The lowest BCUT2D eigenvalue weighted by molar-refractivity contribution is -0.0605. The fraction of sp³-hybridized carbons (Fsp3) is 1.00. The van der Waals surface area contributed by atoms with Crippen molar-refractivity contribution in [2.45, 2.75) is 44.9 Å². The number of hydrogen-bond donors (Lipinski definition) is 0. The molecule has 0 unspecified atom stereocenters. The molecule has 0 aromatic rings. The molecule has 0 spiro atoms. The van der Waals surface area contributed by atoms with Gasteiger partial charge in [0.25, 0.3) is 0 Å². The fourth-order valence-corrected chi connectivity index (χ4v) is 1.21. The summed E-state index contributed by atoms with van der Waals surface area (Å²) in [5.74, 6) is 0. The summed E-state index contributed by atoms with van der Waals surface area (Å²) in [6.45, 7) is 6.75. The monoisotopic (exact) mass is 154 g/mol. The van der Waals surface area contributed by atoms with Crippen molar-refractivity contribution < 1.29 is 9.47 Å². The van der Waals surface area contributed by atoms with E-state index in [4.69, 9.17) is 17.3 Å². The zero-order valence-electron chi connectivity index (χ0n) is 7.46. The van der Waals surface area contributed by atoms with Crippen LogP contribution < -0.4 is 0 Å². The maximum absolute atomic E-state index is 5.66. The SMILES string of the molecule is [B][C@H]1C[C@@H](OC(C)(C)C)CO1. The first-order valence-electron chi connectivity index (χ1n) is 4.02. The summed E-state index contributed by atoms with van der Waals surface area (Å²) in [5, 5.41) is 0. The van der Waals surface area contributed by atoms with Crippen molar-refractivity contribution in [3.63, 3.8) is 0 Å². The third-order valence-electron chi connectivity index (χ3n) is 1.51. The van der Waals surface area contributed by atoms with E-state index in [-0.39, 0.29) is 17.7 Å². The van der Waals surface area contributed by atoms with Crippen molar-refractivity contribution in [3.05, 3.63) is 0 Å². The average molecular weight is 154 g/mol. The maximum atomic E-state index is 5.66. The highest BCUT2D eigenvalue weighted by atomic mass is 16.6. The largest absolute Gasteiger partial charge is 0.385 e. The van der Waals surface area contributed by atoms with Crippen molar-refractivity contribution in [2.24, 2.45) is 0 Å². The van der Waals surface area contributed by atoms with E-state index >= 15 is 0 Å². The Morgan fingerprint density at radius 2 is 2.09 bits per heavy atom. The van der Waals surface area contributed by atoms with E-state index in [1.54, 1.807) is 0 Å². The van der Waals surface area contributed by atoms with Gasteiger partial charge in [-0.25, -0.2) is 0 Å². The van der Waals surface area contributed by atoms with Crippen LogP contribution in [0.4, 0.5) is 0 Å². The Balaban J connectivity index is 2.29. The summed E-state index contributed by atoms with van der Waals surface area (Å²) >= 11 is 0. The molecule has 1 rings (SSSR count). The van der Waals surface area contributed by atoms with Crippen molar-refractivity contribution >= 4 is 7.85 Å². The highest BCUT2D eigenvalue weighted by molar-refractivity contribution is 6.11. The molecule has 0 saturated carbocycles. The third-order valence-corrected chi connectivity index (χ3v) is 1.51. The molecular formula is C8H15BO2. The molecule has 0 aromatic heterocycles. The van der Waals surface area contributed by atoms with Crippen LogP contribution >= 0.6 is 0 Å². The predicted molar refractivity (Wildman–Crippen MR) is 44.7 cm³/mol. The molecule has 3 heteroatoms. The van der Waals surface area contributed by atoms with E-state index < -0.39 is 0 Å². The molecule has 2 nitrogen and oxygen atoms in total. The lowest BCUT2D eigenvalue weighted by atomic mass is 9.96. The van der Waals surface area contributed by atoms with Gasteiger partial charge in [-0.3, -0.25) is 0 Å². The molecule has 0 bridgehead atoms. The smallest absolute Gasteiger partial charge is 0.109 e. The van der Waals surface area contributed by atoms with E-state index in [0.29, 0.717) is 6.61 Å². The molecule has 0 aliphatic carbocycles. The van der Waals surface area contributed by atoms with Crippen LogP contribution in [0.1, 0.15) is 27.2 Å². The molecule has 1 saturated heterocycles. The number of rotatable bonds is 1. The molecule has 0 N–H and O–H groups in total. The van der Waals surface area contributed by atoms with E-state index in [1.165, 1.54) is 0 Å². The first-order valence-corrected chi connectivity index (χ1v) is 4.02. The highest BCUT2D eigenvalue weighted by Crippen LogP contribution is 2.19. The van der Waals surface area contributed by atoms with Gasteiger partial charge in [0.05, 0.1) is 18.3 Å². The summed E-state index contributed by atoms with van der Waals surface area (Å²) in [6, 6.07) is -0.123. The Labute approximate surface area is 69.7 Å². The Morgan fingerprint density at radius 3 is 2.45 bits per heavy atom. The van der Waals surface area contributed by atoms with Crippen LogP contribution in [0.15, 0.2) is 0 Å². The summed E-state index contributed by atoms with van der Waals surface area (Å²) < 4.78 is 10.8. The van der Waals surface area contributed by atoms with Gasteiger partial charge in [0, 0.05) is 6.00 Å². The van der Waals surface area contributed by atoms with Crippen LogP contribution in [0.3, 0.4) is 0 Å². The Morgan fingerprint density at radius 1 is 1.45 bits per heavy atom. The van der Waals surface area contributed by atoms with Crippen LogP contribution in [-0.4, -0.2) is 32.2 Å². The first kappa shape index (κ1) is 9.08. The van der Waals surface area contributed by atoms with Gasteiger partial charge in [-0.15, -0.1) is 0 Å². The predicted octanol–water partition coefficient (Wildman–Crippen LogP) is 1.08. The number of hydrogen-bond acceptors (Lipinski definition) is 2. The van der Waals surface area contributed by atoms with E-state index in [9.17, 15) is 0 Å². The molecule has 1 fully saturated rings. The van der Waals surface area contributed by atoms with Gasteiger partial charge in [-0.05, 0) is 27.2 Å². The van der Waals surface area contributed by atoms with Crippen molar-refractivity contribution in [3.8, 4) is 0 Å². The Kier molecular flexibility index (Phi) is 2.60. The molecule has 1 aliphatic heterocycles. The highest BCUT2D eigenvalue weighted by Gasteiger charge is 2.26. The van der Waals surface area contributed by atoms with Gasteiger partial charge in [-0.1, -0.05) is 0 Å². The number of ether oxygens (including phenoxy) is 2. The molecule has 11 heavy (non-hydrogen) atoms. The van der Waals surface area contributed by atoms with Crippen molar-refractivity contribution in [2.75, 3.05) is 6.61 Å².